The molecule has 0 unspecified atom stereocenters. The molecule has 1 aliphatic rings. The van der Waals surface area contributed by atoms with Crippen LogP contribution in [0.1, 0.15) is 25.8 Å². The summed E-state index contributed by atoms with van der Waals surface area (Å²) < 4.78 is 6.32. The van der Waals surface area contributed by atoms with E-state index in [-0.39, 0.29) is 0 Å². The molecule has 39 heavy (non-hydrogen) atoms. The van der Waals surface area contributed by atoms with E-state index in [9.17, 15) is 0 Å². The Morgan fingerprint density at radius 1 is 0.949 bits per heavy atom. The molecule has 1 saturated heterocycles. The zero-order valence-electron chi connectivity index (χ0n) is 23.1. The minimum Gasteiger partial charge on any atom is -0.444 e. The van der Waals surface area contributed by atoms with Crippen LogP contribution in [-0.4, -0.2) is 65.1 Å². The summed E-state index contributed by atoms with van der Waals surface area (Å²) in [5, 5.41) is 8.81. The van der Waals surface area contributed by atoms with Crippen LogP contribution in [0.4, 0.5) is 17.2 Å². The van der Waals surface area contributed by atoms with Crippen LogP contribution in [0.15, 0.2) is 72.9 Å². The zero-order valence-corrected chi connectivity index (χ0v) is 23.9. The van der Waals surface area contributed by atoms with Crippen molar-refractivity contribution in [2.45, 2.75) is 33.2 Å². The van der Waals surface area contributed by atoms with Crippen LogP contribution >= 0.6 is 11.3 Å². The van der Waals surface area contributed by atoms with Crippen molar-refractivity contribution in [1.29, 1.82) is 0 Å². The van der Waals surface area contributed by atoms with E-state index in [1.165, 1.54) is 0 Å². The van der Waals surface area contributed by atoms with Crippen LogP contribution in [0.2, 0.25) is 0 Å². The highest BCUT2D eigenvalue weighted by atomic mass is 32.1. The van der Waals surface area contributed by atoms with Crippen LogP contribution in [0.5, 0.6) is 10.8 Å². The minimum absolute atomic E-state index is 0.641. The molecule has 8 heteroatoms. The van der Waals surface area contributed by atoms with Gasteiger partial charge in [0.25, 0.3) is 0 Å². The van der Waals surface area contributed by atoms with Gasteiger partial charge in [0.15, 0.2) is 0 Å². The number of hydrogen-bond acceptors (Lipinski definition) is 8. The van der Waals surface area contributed by atoms with Crippen molar-refractivity contribution in [3.8, 4) is 22.1 Å². The van der Waals surface area contributed by atoms with Gasteiger partial charge in [-0.15, -0.1) is 0 Å². The third kappa shape index (κ3) is 7.35. The number of pyridine rings is 1. The number of thiazole rings is 1. The molecular weight excluding hydrogens is 504 g/mol. The summed E-state index contributed by atoms with van der Waals surface area (Å²) in [6, 6.07) is 23.0. The predicted molar refractivity (Wildman–Crippen MR) is 163 cm³/mol. The largest absolute Gasteiger partial charge is 0.444 e. The van der Waals surface area contributed by atoms with Gasteiger partial charge < -0.3 is 15.4 Å². The van der Waals surface area contributed by atoms with Crippen molar-refractivity contribution < 1.29 is 4.74 Å². The molecule has 0 aliphatic carbocycles. The Labute approximate surface area is 235 Å². The van der Waals surface area contributed by atoms with Crippen molar-refractivity contribution in [3.63, 3.8) is 0 Å². The molecule has 7 nitrogen and oxygen atoms in total. The zero-order chi connectivity index (χ0) is 27.0. The van der Waals surface area contributed by atoms with Crippen molar-refractivity contribution in [2.24, 2.45) is 0 Å². The van der Waals surface area contributed by atoms with E-state index in [4.69, 9.17) is 9.72 Å². The molecular formula is C31H38N6OS. The lowest BCUT2D eigenvalue weighted by Crippen LogP contribution is -2.49. The fourth-order valence-corrected chi connectivity index (χ4v) is 5.57. The first-order chi connectivity index (χ1) is 19.1. The summed E-state index contributed by atoms with van der Waals surface area (Å²) in [5.74, 6) is 1.46. The summed E-state index contributed by atoms with van der Waals surface area (Å²) in [5.41, 5.74) is 4.03. The van der Waals surface area contributed by atoms with Crippen molar-refractivity contribution in [2.75, 3.05) is 49.9 Å². The average Bonchev–Trinajstić information content (AvgIpc) is 3.38. The van der Waals surface area contributed by atoms with Crippen LogP contribution in [-0.2, 0) is 6.42 Å². The van der Waals surface area contributed by atoms with E-state index in [1.54, 1.807) is 17.5 Å². The lowest BCUT2D eigenvalue weighted by atomic mass is 10.2. The Bertz CT molecular complexity index is 1320. The van der Waals surface area contributed by atoms with Gasteiger partial charge in [-0.3, -0.25) is 9.80 Å². The fraction of sp³-hybridized carbons (Fsp3) is 0.355. The topological polar surface area (TPSA) is 65.6 Å². The molecule has 0 radical (unpaired) electrons. The second kappa shape index (κ2) is 13.1. The highest BCUT2D eigenvalue weighted by Gasteiger charge is 2.18. The second-order valence-electron chi connectivity index (χ2n) is 10.0. The first-order valence-electron chi connectivity index (χ1n) is 13.8. The number of anilines is 3. The summed E-state index contributed by atoms with van der Waals surface area (Å²) in [4.78, 5) is 14.4. The molecule has 2 N–H and O–H groups in total. The van der Waals surface area contributed by atoms with Gasteiger partial charge in [0, 0.05) is 74.5 Å². The number of aromatic nitrogens is 2. The number of hydrogen-bond donors (Lipinski definition) is 2. The van der Waals surface area contributed by atoms with Gasteiger partial charge in [-0.05, 0) is 50.6 Å². The van der Waals surface area contributed by atoms with Crippen molar-refractivity contribution >= 4 is 28.5 Å². The van der Waals surface area contributed by atoms with E-state index in [0.717, 1.165) is 90.0 Å². The molecule has 0 bridgehead atoms. The monoisotopic (exact) mass is 542 g/mol. The first kappa shape index (κ1) is 27.1. The Morgan fingerprint density at radius 2 is 1.69 bits per heavy atom. The van der Waals surface area contributed by atoms with Crippen molar-refractivity contribution in [3.05, 3.63) is 77.9 Å². The number of ether oxygens (including phenoxy) is 1. The van der Waals surface area contributed by atoms with E-state index in [1.807, 2.05) is 30.3 Å². The Morgan fingerprint density at radius 3 is 2.41 bits per heavy atom. The second-order valence-corrected chi connectivity index (χ2v) is 11.1. The number of nitrogens with one attached hydrogen (secondary N) is 2. The summed E-state index contributed by atoms with van der Waals surface area (Å²) in [6.07, 6.45) is 2.63. The van der Waals surface area contributed by atoms with E-state index in [0.29, 0.717) is 6.04 Å². The predicted octanol–water partition coefficient (Wildman–Crippen LogP) is 6.74. The molecule has 0 atom stereocenters. The summed E-state index contributed by atoms with van der Waals surface area (Å²) in [6.45, 7) is 13.3. The molecule has 0 amide bonds. The van der Waals surface area contributed by atoms with Gasteiger partial charge in [0.05, 0.1) is 5.01 Å². The molecule has 1 fully saturated rings. The van der Waals surface area contributed by atoms with Crippen LogP contribution in [0, 0.1) is 0 Å². The molecule has 1 aliphatic heterocycles. The maximum atomic E-state index is 6.32. The molecule has 2 aromatic heterocycles. The van der Waals surface area contributed by atoms with Gasteiger partial charge in [-0.1, -0.05) is 48.6 Å². The van der Waals surface area contributed by atoms with Crippen LogP contribution < -0.4 is 15.4 Å². The summed E-state index contributed by atoms with van der Waals surface area (Å²) in [7, 11) is 0. The van der Waals surface area contributed by atoms with E-state index in [2.05, 4.69) is 82.6 Å². The van der Waals surface area contributed by atoms with Crippen LogP contribution in [0.25, 0.3) is 11.3 Å². The molecule has 5 rings (SSSR count). The van der Waals surface area contributed by atoms with Gasteiger partial charge in [-0.25, -0.2) is 9.97 Å². The average molecular weight is 543 g/mol. The minimum atomic E-state index is 0.641. The molecule has 3 heterocycles. The molecule has 2 aromatic carbocycles. The number of aryl methyl sites for hydroxylation is 1. The quantitative estimate of drug-likeness (QED) is 0.218. The number of piperazine rings is 1. The maximum Gasteiger partial charge on any atom is 0.208 e. The fourth-order valence-electron chi connectivity index (χ4n) is 4.68. The SMILES string of the molecule is CCc1nc(-c2ccccc2)c(Oc2ccnc(Nc3ccc(NCCN4CCN(C(C)C)CC4)cc3)c2)s1. The molecule has 0 spiro atoms. The number of nitrogens with zero attached hydrogens (tertiary/aromatic N) is 4. The molecule has 0 saturated carbocycles. The standard InChI is InChI=1S/C31H38N6OS/c1-4-29-35-30(24-8-6-5-7-9-24)31(39-29)38-27-14-15-33-28(22-27)34-26-12-10-25(11-13-26)32-16-17-36-18-20-37(21-19-36)23(2)3/h5-15,22-23,32H,4,16-21H2,1-3H3,(H,33,34). The summed E-state index contributed by atoms with van der Waals surface area (Å²) >= 11 is 1.59. The van der Waals surface area contributed by atoms with E-state index >= 15 is 0 Å². The van der Waals surface area contributed by atoms with Gasteiger partial charge >= 0.3 is 0 Å². The van der Waals surface area contributed by atoms with Gasteiger partial charge in [-0.2, -0.15) is 0 Å². The lowest BCUT2D eigenvalue weighted by Gasteiger charge is -2.36. The lowest BCUT2D eigenvalue weighted by molar-refractivity contribution is 0.111. The molecule has 4 aromatic rings. The Kier molecular flexibility index (Phi) is 9.08. The van der Waals surface area contributed by atoms with Gasteiger partial charge in [0.2, 0.25) is 5.06 Å². The Hall–Kier alpha value is -3.46. The van der Waals surface area contributed by atoms with Crippen molar-refractivity contribution in [1.82, 2.24) is 19.8 Å². The smallest absolute Gasteiger partial charge is 0.208 e. The first-order valence-corrected chi connectivity index (χ1v) is 14.7. The van der Waals surface area contributed by atoms with Crippen LogP contribution in [0.3, 0.4) is 0 Å². The maximum absolute atomic E-state index is 6.32. The number of rotatable bonds is 11. The number of benzene rings is 2. The molecule has 204 valence electrons. The van der Waals surface area contributed by atoms with Gasteiger partial charge in [0.1, 0.15) is 17.3 Å². The third-order valence-electron chi connectivity index (χ3n) is 6.98. The highest BCUT2D eigenvalue weighted by molar-refractivity contribution is 7.14. The Balaban J connectivity index is 1.15. The third-order valence-corrected chi connectivity index (χ3v) is 8.06. The van der Waals surface area contributed by atoms with E-state index < -0.39 is 0 Å². The normalized spacial score (nSPS) is 14.5. The highest BCUT2D eigenvalue weighted by Crippen LogP contribution is 2.39.